The summed E-state index contributed by atoms with van der Waals surface area (Å²) in [5.41, 5.74) is 5.70. The third-order valence-corrected chi connectivity index (χ3v) is 2.70. The summed E-state index contributed by atoms with van der Waals surface area (Å²) in [5, 5.41) is 3.90. The van der Waals surface area contributed by atoms with Crippen LogP contribution in [0.5, 0.6) is 0 Å². The van der Waals surface area contributed by atoms with E-state index in [9.17, 15) is 4.39 Å². The molecular formula is C11H12ClFN2O. The summed E-state index contributed by atoms with van der Waals surface area (Å²) in [5.74, 6) is 0.0557. The van der Waals surface area contributed by atoms with Gasteiger partial charge in [0.15, 0.2) is 5.84 Å². The Balaban J connectivity index is 2.08. The van der Waals surface area contributed by atoms with Gasteiger partial charge in [0.2, 0.25) is 0 Å². The first-order chi connectivity index (χ1) is 7.68. The number of halogens is 2. The van der Waals surface area contributed by atoms with E-state index in [1.54, 1.807) is 6.07 Å². The molecule has 0 saturated heterocycles. The zero-order chi connectivity index (χ0) is 11.5. The van der Waals surface area contributed by atoms with Crippen molar-refractivity contribution in [2.45, 2.75) is 12.8 Å². The van der Waals surface area contributed by atoms with Gasteiger partial charge in [-0.1, -0.05) is 22.8 Å². The maximum atomic E-state index is 13.4. The average molecular weight is 243 g/mol. The summed E-state index contributed by atoms with van der Waals surface area (Å²) < 4.78 is 13.4. The zero-order valence-electron chi connectivity index (χ0n) is 8.62. The first-order valence-electron chi connectivity index (χ1n) is 5.08. The number of benzene rings is 1. The summed E-state index contributed by atoms with van der Waals surface area (Å²) in [6.07, 6.45) is 2.33. The second-order valence-corrected chi connectivity index (χ2v) is 4.22. The fourth-order valence-electron chi connectivity index (χ4n) is 1.28. The Morgan fingerprint density at radius 2 is 2.31 bits per heavy atom. The third-order valence-electron chi connectivity index (χ3n) is 2.39. The van der Waals surface area contributed by atoms with Crippen LogP contribution in [0, 0.1) is 11.7 Å². The molecule has 0 radical (unpaired) electrons. The minimum atomic E-state index is -0.497. The smallest absolute Gasteiger partial charge is 0.174 e. The highest BCUT2D eigenvalue weighted by atomic mass is 35.5. The van der Waals surface area contributed by atoms with Crippen molar-refractivity contribution in [3.63, 3.8) is 0 Å². The number of oxime groups is 1. The molecule has 2 N–H and O–H groups in total. The highest BCUT2D eigenvalue weighted by molar-refractivity contribution is 6.34. The van der Waals surface area contributed by atoms with Crippen LogP contribution in [0.15, 0.2) is 23.4 Å². The molecule has 16 heavy (non-hydrogen) atoms. The standard InChI is InChI=1S/C11H12ClFN2O/c12-8-2-1-3-9(13)10(8)11(14)15-16-6-7-4-5-7/h1-3,7H,4-6H2,(H2,14,15). The van der Waals surface area contributed by atoms with Crippen molar-refractivity contribution in [3.8, 4) is 0 Å². The first-order valence-corrected chi connectivity index (χ1v) is 5.46. The van der Waals surface area contributed by atoms with Crippen molar-refractivity contribution in [1.82, 2.24) is 0 Å². The van der Waals surface area contributed by atoms with Crippen LogP contribution in [0.3, 0.4) is 0 Å². The number of nitrogens with two attached hydrogens (primary N) is 1. The Morgan fingerprint density at radius 1 is 1.56 bits per heavy atom. The normalized spacial score (nSPS) is 16.2. The predicted octanol–water partition coefficient (Wildman–Crippen LogP) is 2.53. The van der Waals surface area contributed by atoms with Crippen LogP contribution in [-0.2, 0) is 4.84 Å². The van der Waals surface area contributed by atoms with Crippen LogP contribution in [0.4, 0.5) is 4.39 Å². The van der Waals surface area contributed by atoms with Crippen molar-refractivity contribution in [2.24, 2.45) is 16.8 Å². The summed E-state index contributed by atoms with van der Waals surface area (Å²) in [7, 11) is 0. The number of nitrogens with zero attached hydrogens (tertiary/aromatic N) is 1. The first kappa shape index (κ1) is 11.2. The van der Waals surface area contributed by atoms with Crippen LogP contribution in [0.2, 0.25) is 5.02 Å². The van der Waals surface area contributed by atoms with E-state index in [0.717, 1.165) is 12.8 Å². The Bertz CT molecular complexity index is 398. The van der Waals surface area contributed by atoms with Gasteiger partial charge < -0.3 is 10.6 Å². The lowest BCUT2D eigenvalue weighted by atomic mass is 10.2. The molecule has 1 saturated carbocycles. The Hall–Kier alpha value is -1.29. The van der Waals surface area contributed by atoms with Crippen molar-refractivity contribution in [2.75, 3.05) is 6.61 Å². The molecular weight excluding hydrogens is 231 g/mol. The van der Waals surface area contributed by atoms with Crippen molar-refractivity contribution < 1.29 is 9.23 Å². The molecule has 5 heteroatoms. The van der Waals surface area contributed by atoms with Gasteiger partial charge in [0.25, 0.3) is 0 Å². The van der Waals surface area contributed by atoms with E-state index in [1.807, 2.05) is 0 Å². The second-order valence-electron chi connectivity index (χ2n) is 3.81. The van der Waals surface area contributed by atoms with E-state index in [1.165, 1.54) is 12.1 Å². The fraction of sp³-hybridized carbons (Fsp3) is 0.364. The zero-order valence-corrected chi connectivity index (χ0v) is 9.38. The second kappa shape index (κ2) is 4.70. The van der Waals surface area contributed by atoms with Gasteiger partial charge in [-0.25, -0.2) is 4.39 Å². The van der Waals surface area contributed by atoms with E-state index in [0.29, 0.717) is 12.5 Å². The number of hydrogen-bond acceptors (Lipinski definition) is 2. The number of rotatable bonds is 4. The maximum Gasteiger partial charge on any atom is 0.174 e. The summed E-state index contributed by atoms with van der Waals surface area (Å²) in [6, 6.07) is 4.35. The lowest BCUT2D eigenvalue weighted by molar-refractivity contribution is 0.133. The monoisotopic (exact) mass is 242 g/mol. The van der Waals surface area contributed by atoms with Crippen molar-refractivity contribution in [3.05, 3.63) is 34.6 Å². The molecule has 0 spiro atoms. The van der Waals surface area contributed by atoms with Crippen molar-refractivity contribution in [1.29, 1.82) is 0 Å². The van der Waals surface area contributed by atoms with E-state index < -0.39 is 5.82 Å². The summed E-state index contributed by atoms with van der Waals surface area (Å²) in [4.78, 5) is 5.02. The van der Waals surface area contributed by atoms with Gasteiger partial charge in [0.05, 0.1) is 10.6 Å². The maximum absolute atomic E-state index is 13.4. The molecule has 86 valence electrons. The molecule has 1 fully saturated rings. The Labute approximate surface area is 98.0 Å². The number of hydrogen-bond donors (Lipinski definition) is 1. The number of amidine groups is 1. The van der Waals surface area contributed by atoms with Gasteiger partial charge in [-0.2, -0.15) is 0 Å². The highest BCUT2D eigenvalue weighted by Crippen LogP contribution is 2.28. The van der Waals surface area contributed by atoms with Gasteiger partial charge in [-0.15, -0.1) is 0 Å². The molecule has 0 amide bonds. The van der Waals surface area contributed by atoms with Crippen LogP contribution < -0.4 is 5.73 Å². The van der Waals surface area contributed by atoms with E-state index in [4.69, 9.17) is 22.2 Å². The molecule has 0 unspecified atom stereocenters. The molecule has 2 rings (SSSR count). The topological polar surface area (TPSA) is 47.6 Å². The molecule has 0 heterocycles. The Morgan fingerprint density at radius 3 is 2.94 bits per heavy atom. The molecule has 1 aromatic carbocycles. The quantitative estimate of drug-likeness (QED) is 0.501. The molecule has 0 aliphatic heterocycles. The van der Waals surface area contributed by atoms with Crippen LogP contribution in [0.25, 0.3) is 0 Å². The van der Waals surface area contributed by atoms with Crippen LogP contribution in [-0.4, -0.2) is 12.4 Å². The van der Waals surface area contributed by atoms with Gasteiger partial charge in [0.1, 0.15) is 12.4 Å². The van der Waals surface area contributed by atoms with Gasteiger partial charge in [-0.05, 0) is 30.9 Å². The lowest BCUT2D eigenvalue weighted by Gasteiger charge is -2.04. The van der Waals surface area contributed by atoms with E-state index in [-0.39, 0.29) is 16.4 Å². The molecule has 0 bridgehead atoms. The Kier molecular flexibility index (Phi) is 3.29. The summed E-state index contributed by atoms with van der Waals surface area (Å²) in [6.45, 7) is 0.534. The highest BCUT2D eigenvalue weighted by Gasteiger charge is 2.22. The summed E-state index contributed by atoms with van der Waals surface area (Å²) >= 11 is 5.82. The largest absolute Gasteiger partial charge is 0.394 e. The van der Waals surface area contributed by atoms with E-state index in [2.05, 4.69) is 5.16 Å². The molecule has 0 atom stereocenters. The predicted molar refractivity (Wildman–Crippen MR) is 60.8 cm³/mol. The third kappa shape index (κ3) is 2.64. The fourth-order valence-corrected chi connectivity index (χ4v) is 1.54. The lowest BCUT2D eigenvalue weighted by Crippen LogP contribution is -2.16. The average Bonchev–Trinajstić information content (AvgIpc) is 3.01. The minimum absolute atomic E-state index is 0.0243. The van der Waals surface area contributed by atoms with Gasteiger partial charge in [0, 0.05) is 0 Å². The molecule has 1 aromatic rings. The van der Waals surface area contributed by atoms with Gasteiger partial charge >= 0.3 is 0 Å². The molecule has 1 aliphatic rings. The van der Waals surface area contributed by atoms with Crippen molar-refractivity contribution >= 4 is 17.4 Å². The SMILES string of the molecule is N/C(=N\OCC1CC1)c1c(F)cccc1Cl. The van der Waals surface area contributed by atoms with Crippen LogP contribution in [0.1, 0.15) is 18.4 Å². The minimum Gasteiger partial charge on any atom is -0.394 e. The molecule has 1 aliphatic carbocycles. The molecule has 3 nitrogen and oxygen atoms in total. The van der Waals surface area contributed by atoms with Crippen LogP contribution >= 0.6 is 11.6 Å². The molecule has 0 aromatic heterocycles. The van der Waals surface area contributed by atoms with E-state index >= 15 is 0 Å². The van der Waals surface area contributed by atoms with Gasteiger partial charge in [-0.3, -0.25) is 0 Å².